The molecule has 0 amide bonds. The highest BCUT2D eigenvalue weighted by atomic mass is 16.5. The lowest BCUT2D eigenvalue weighted by molar-refractivity contribution is 0.0734. The van der Waals surface area contributed by atoms with Crippen LogP contribution in [0.4, 0.5) is 0 Å². The zero-order valence-electron chi connectivity index (χ0n) is 21.6. The molecule has 0 saturated heterocycles. The molecule has 0 aliphatic carbocycles. The van der Waals surface area contributed by atoms with Crippen LogP contribution in [0.3, 0.4) is 0 Å². The molecule has 0 unspecified atom stereocenters. The summed E-state index contributed by atoms with van der Waals surface area (Å²) in [6.45, 7) is 4.36. The summed E-state index contributed by atoms with van der Waals surface area (Å²) in [7, 11) is 0. The largest absolute Gasteiger partial charge is 0.423 e. The monoisotopic (exact) mass is 476 g/mol. The van der Waals surface area contributed by atoms with Crippen molar-refractivity contribution in [2.24, 2.45) is 0 Å². The van der Waals surface area contributed by atoms with Crippen LogP contribution < -0.4 is 4.74 Å². The predicted octanol–water partition coefficient (Wildman–Crippen LogP) is 8.36. The number of rotatable bonds is 10. The van der Waals surface area contributed by atoms with E-state index in [4.69, 9.17) is 4.74 Å². The highest BCUT2D eigenvalue weighted by Gasteiger charge is 2.08. The first-order chi connectivity index (χ1) is 17.7. The summed E-state index contributed by atoms with van der Waals surface area (Å²) in [4.78, 5) is 12.5. The Bertz CT molecular complexity index is 1200. The number of carbonyl (C=O) groups excluding carboxylic acids is 1. The number of hydrogen-bond acceptors (Lipinski definition) is 2. The van der Waals surface area contributed by atoms with E-state index in [-0.39, 0.29) is 5.97 Å². The third kappa shape index (κ3) is 9.48. The standard InChI is InChI=1S/C34H36O2/c1-3-5-7-8-9-11-13-29-20-24-32(25-21-29)34(35)36-33-26-22-31(23-27-33)19-18-30-16-14-28(15-17-30)12-10-6-4-2/h14-17,20-27H,3-9,11,13H2,1-2H3. The van der Waals surface area contributed by atoms with Gasteiger partial charge in [0.2, 0.25) is 0 Å². The van der Waals surface area contributed by atoms with Crippen molar-refractivity contribution >= 4 is 5.97 Å². The van der Waals surface area contributed by atoms with E-state index in [2.05, 4.69) is 37.5 Å². The van der Waals surface area contributed by atoms with E-state index in [9.17, 15) is 4.79 Å². The second-order valence-corrected chi connectivity index (χ2v) is 9.01. The smallest absolute Gasteiger partial charge is 0.343 e. The normalized spacial score (nSPS) is 10.1. The van der Waals surface area contributed by atoms with Crippen molar-refractivity contribution < 1.29 is 9.53 Å². The fourth-order valence-electron chi connectivity index (χ4n) is 3.76. The predicted molar refractivity (Wildman–Crippen MR) is 149 cm³/mol. The molecule has 0 fully saturated rings. The van der Waals surface area contributed by atoms with Gasteiger partial charge in [0.1, 0.15) is 5.75 Å². The fraction of sp³-hybridized carbons (Fsp3) is 0.324. The van der Waals surface area contributed by atoms with E-state index in [0.29, 0.717) is 11.3 Å². The van der Waals surface area contributed by atoms with Crippen LogP contribution in [0.15, 0.2) is 72.8 Å². The summed E-state index contributed by atoms with van der Waals surface area (Å²) >= 11 is 0. The summed E-state index contributed by atoms with van der Waals surface area (Å²) in [6.07, 6.45) is 10.8. The van der Waals surface area contributed by atoms with Crippen molar-refractivity contribution in [1.82, 2.24) is 0 Å². The number of esters is 1. The van der Waals surface area contributed by atoms with Crippen molar-refractivity contribution in [3.63, 3.8) is 0 Å². The van der Waals surface area contributed by atoms with Gasteiger partial charge in [-0.2, -0.15) is 0 Å². The zero-order valence-corrected chi connectivity index (χ0v) is 21.6. The molecule has 0 radical (unpaired) electrons. The summed E-state index contributed by atoms with van der Waals surface area (Å²) in [6, 6.07) is 23.0. The molecule has 0 N–H and O–H groups in total. The Balaban J connectivity index is 1.48. The van der Waals surface area contributed by atoms with Gasteiger partial charge in [0, 0.05) is 23.1 Å². The SMILES string of the molecule is CCCC#Cc1ccc(C#Cc2ccc(OC(=O)c3ccc(CCCCCCCC)cc3)cc2)cc1. The van der Waals surface area contributed by atoms with Crippen LogP contribution in [0.2, 0.25) is 0 Å². The minimum absolute atomic E-state index is 0.345. The van der Waals surface area contributed by atoms with E-state index in [1.165, 1.54) is 44.1 Å². The Labute approximate surface area is 217 Å². The maximum atomic E-state index is 12.5. The van der Waals surface area contributed by atoms with Crippen LogP contribution in [0, 0.1) is 23.7 Å². The number of aryl methyl sites for hydroxylation is 1. The third-order valence-corrected chi connectivity index (χ3v) is 5.92. The van der Waals surface area contributed by atoms with E-state index in [0.717, 1.165) is 36.0 Å². The molecule has 2 nitrogen and oxygen atoms in total. The number of benzene rings is 3. The molecule has 36 heavy (non-hydrogen) atoms. The highest BCUT2D eigenvalue weighted by Crippen LogP contribution is 2.16. The van der Waals surface area contributed by atoms with Crippen molar-refractivity contribution in [2.75, 3.05) is 0 Å². The molecule has 184 valence electrons. The number of hydrogen-bond donors (Lipinski definition) is 0. The maximum absolute atomic E-state index is 12.5. The van der Waals surface area contributed by atoms with Gasteiger partial charge in [0.15, 0.2) is 0 Å². The summed E-state index contributed by atoms with van der Waals surface area (Å²) in [5.74, 6) is 12.8. The summed E-state index contributed by atoms with van der Waals surface area (Å²) in [5.41, 5.74) is 4.64. The fourth-order valence-corrected chi connectivity index (χ4v) is 3.76. The van der Waals surface area contributed by atoms with Crippen LogP contribution >= 0.6 is 0 Å². The van der Waals surface area contributed by atoms with E-state index in [1.807, 2.05) is 60.7 Å². The van der Waals surface area contributed by atoms with E-state index < -0.39 is 0 Å². The molecular formula is C34H36O2. The topological polar surface area (TPSA) is 26.3 Å². The number of unbranched alkanes of at least 4 members (excludes halogenated alkanes) is 6. The van der Waals surface area contributed by atoms with Crippen molar-refractivity contribution in [3.05, 3.63) is 101 Å². The quantitative estimate of drug-likeness (QED) is 0.127. The molecule has 0 aromatic heterocycles. The van der Waals surface area contributed by atoms with E-state index in [1.54, 1.807) is 12.1 Å². The first-order valence-electron chi connectivity index (χ1n) is 13.2. The van der Waals surface area contributed by atoms with Crippen LogP contribution in [-0.2, 0) is 6.42 Å². The van der Waals surface area contributed by atoms with Gasteiger partial charge in [-0.3, -0.25) is 0 Å². The first-order valence-corrected chi connectivity index (χ1v) is 13.2. The van der Waals surface area contributed by atoms with Crippen molar-refractivity contribution in [3.8, 4) is 29.4 Å². The third-order valence-electron chi connectivity index (χ3n) is 5.92. The minimum Gasteiger partial charge on any atom is -0.423 e. The van der Waals surface area contributed by atoms with Crippen LogP contribution in [0.25, 0.3) is 0 Å². The average Bonchev–Trinajstić information content (AvgIpc) is 2.91. The maximum Gasteiger partial charge on any atom is 0.343 e. The van der Waals surface area contributed by atoms with Gasteiger partial charge in [-0.15, -0.1) is 0 Å². The van der Waals surface area contributed by atoms with Gasteiger partial charge < -0.3 is 4.74 Å². The van der Waals surface area contributed by atoms with Gasteiger partial charge in [-0.1, -0.05) is 81.8 Å². The zero-order chi connectivity index (χ0) is 25.4. The Morgan fingerprint density at radius 2 is 1.19 bits per heavy atom. The van der Waals surface area contributed by atoms with Gasteiger partial charge in [0.25, 0.3) is 0 Å². The molecule has 0 saturated carbocycles. The molecule has 0 bridgehead atoms. The molecule has 0 spiro atoms. The van der Waals surface area contributed by atoms with Crippen molar-refractivity contribution in [1.29, 1.82) is 0 Å². The Kier molecular flexibility index (Phi) is 11.4. The lowest BCUT2D eigenvalue weighted by Gasteiger charge is -2.06. The molecule has 3 rings (SSSR count). The van der Waals surface area contributed by atoms with Gasteiger partial charge in [-0.05, 0) is 85.5 Å². The molecule has 2 heteroatoms. The second kappa shape index (κ2) is 15.3. The number of carbonyl (C=O) groups is 1. The molecule has 3 aromatic carbocycles. The van der Waals surface area contributed by atoms with Crippen LogP contribution in [0.1, 0.15) is 97.8 Å². The average molecular weight is 477 g/mol. The van der Waals surface area contributed by atoms with Gasteiger partial charge in [-0.25, -0.2) is 4.79 Å². The lowest BCUT2D eigenvalue weighted by atomic mass is 10.0. The molecular weight excluding hydrogens is 440 g/mol. The lowest BCUT2D eigenvalue weighted by Crippen LogP contribution is -2.08. The van der Waals surface area contributed by atoms with Crippen molar-refractivity contribution in [2.45, 2.75) is 71.6 Å². The molecule has 0 atom stereocenters. The number of ether oxygens (including phenoxy) is 1. The molecule has 3 aromatic rings. The Morgan fingerprint density at radius 3 is 1.81 bits per heavy atom. The molecule has 0 aliphatic heterocycles. The Hall–Kier alpha value is -3.75. The first kappa shape index (κ1) is 26.8. The minimum atomic E-state index is -0.345. The molecule has 0 heterocycles. The molecule has 0 aliphatic rings. The second-order valence-electron chi connectivity index (χ2n) is 9.01. The van der Waals surface area contributed by atoms with Gasteiger partial charge >= 0.3 is 5.97 Å². The summed E-state index contributed by atoms with van der Waals surface area (Å²) < 4.78 is 5.55. The van der Waals surface area contributed by atoms with E-state index >= 15 is 0 Å². The summed E-state index contributed by atoms with van der Waals surface area (Å²) in [5, 5.41) is 0. The highest BCUT2D eigenvalue weighted by molar-refractivity contribution is 5.91. The van der Waals surface area contributed by atoms with Crippen LogP contribution in [-0.4, -0.2) is 5.97 Å². The van der Waals surface area contributed by atoms with Gasteiger partial charge in [0.05, 0.1) is 5.56 Å². The Morgan fingerprint density at radius 1 is 0.639 bits per heavy atom. The van der Waals surface area contributed by atoms with Crippen LogP contribution in [0.5, 0.6) is 5.75 Å².